The Labute approximate surface area is 72.0 Å². The van der Waals surface area contributed by atoms with Gasteiger partial charge in [0.15, 0.2) is 0 Å². The van der Waals surface area contributed by atoms with Crippen molar-refractivity contribution in [3.8, 4) is 0 Å². The van der Waals surface area contributed by atoms with E-state index in [1.165, 1.54) is 0 Å². The molecule has 12 heavy (non-hydrogen) atoms. The van der Waals surface area contributed by atoms with Gasteiger partial charge in [0.25, 0.3) is 0 Å². The Hall–Kier alpha value is -0.610. The molecule has 0 aromatic carbocycles. The third-order valence-corrected chi connectivity index (χ3v) is 1.99. The maximum absolute atomic E-state index is 10.7. The van der Waals surface area contributed by atoms with Crippen molar-refractivity contribution in [3.05, 3.63) is 0 Å². The molecule has 1 aliphatic heterocycles. The average Bonchev–Trinajstić information content (AvgIpc) is 2.16. The number of nitrogens with two attached hydrogens (primary N) is 1. The highest BCUT2D eigenvalue weighted by Gasteiger charge is 2.15. The van der Waals surface area contributed by atoms with Crippen LogP contribution >= 0.6 is 0 Å². The molecular weight excluding hydrogens is 158 g/mol. The van der Waals surface area contributed by atoms with Gasteiger partial charge in [-0.3, -0.25) is 4.79 Å². The first-order valence-electron chi connectivity index (χ1n) is 4.26. The Morgan fingerprint density at radius 2 is 2.17 bits per heavy atom. The van der Waals surface area contributed by atoms with E-state index in [-0.39, 0.29) is 12.5 Å². The van der Waals surface area contributed by atoms with Gasteiger partial charge in [-0.05, 0) is 18.8 Å². The second-order valence-corrected chi connectivity index (χ2v) is 2.94. The zero-order valence-corrected chi connectivity index (χ0v) is 7.12. The molecule has 0 radical (unpaired) electrons. The summed E-state index contributed by atoms with van der Waals surface area (Å²) in [5, 5.41) is 0. The average molecular weight is 173 g/mol. The number of carbonyl (C=O) groups excluding carboxylic acids is 1. The lowest BCUT2D eigenvalue weighted by molar-refractivity contribution is -0.144. The van der Waals surface area contributed by atoms with E-state index in [4.69, 9.17) is 15.2 Å². The van der Waals surface area contributed by atoms with E-state index in [1.54, 1.807) is 0 Å². The molecule has 0 aromatic heterocycles. The van der Waals surface area contributed by atoms with Gasteiger partial charge < -0.3 is 15.2 Å². The number of ether oxygens (including phenoxy) is 2. The predicted octanol–water partition coefficient (Wildman–Crippen LogP) is -0.0851. The zero-order chi connectivity index (χ0) is 8.81. The maximum Gasteiger partial charge on any atom is 0.319 e. The van der Waals surface area contributed by atoms with Crippen LogP contribution in [0.2, 0.25) is 0 Å². The Morgan fingerprint density at radius 3 is 2.75 bits per heavy atom. The Bertz CT molecular complexity index is 143. The molecule has 1 saturated heterocycles. The van der Waals surface area contributed by atoms with Gasteiger partial charge in [0, 0.05) is 13.2 Å². The molecule has 0 bridgehead atoms. The lowest BCUT2D eigenvalue weighted by Crippen LogP contribution is -2.24. The summed E-state index contributed by atoms with van der Waals surface area (Å²) < 4.78 is 10.1. The van der Waals surface area contributed by atoms with Crippen LogP contribution in [0.3, 0.4) is 0 Å². The second-order valence-electron chi connectivity index (χ2n) is 2.94. The third kappa shape index (κ3) is 3.19. The Balaban J connectivity index is 2.09. The molecule has 1 fully saturated rings. The monoisotopic (exact) mass is 173 g/mol. The molecule has 0 unspecified atom stereocenters. The normalized spacial score (nSPS) is 19.1. The molecule has 4 nitrogen and oxygen atoms in total. The molecular formula is C8H15NO3. The first-order valence-corrected chi connectivity index (χ1v) is 4.26. The van der Waals surface area contributed by atoms with Crippen LogP contribution in [-0.2, 0) is 14.3 Å². The fourth-order valence-corrected chi connectivity index (χ4v) is 1.18. The smallest absolute Gasteiger partial charge is 0.319 e. The second kappa shape index (κ2) is 5.11. The minimum atomic E-state index is -0.318. The van der Waals surface area contributed by atoms with Crippen LogP contribution in [0.4, 0.5) is 0 Å². The minimum absolute atomic E-state index is 0.0246. The van der Waals surface area contributed by atoms with Crippen molar-refractivity contribution in [2.75, 3.05) is 26.4 Å². The summed E-state index contributed by atoms with van der Waals surface area (Å²) >= 11 is 0. The summed E-state index contributed by atoms with van der Waals surface area (Å²) in [4.78, 5) is 10.7. The maximum atomic E-state index is 10.7. The van der Waals surface area contributed by atoms with Gasteiger partial charge in [-0.1, -0.05) is 0 Å². The molecule has 70 valence electrons. The molecule has 2 N–H and O–H groups in total. The molecule has 0 amide bonds. The quantitative estimate of drug-likeness (QED) is 0.606. The van der Waals surface area contributed by atoms with Crippen molar-refractivity contribution < 1.29 is 14.3 Å². The van der Waals surface area contributed by atoms with Crippen molar-refractivity contribution in [3.63, 3.8) is 0 Å². The number of carbonyl (C=O) groups is 1. The van der Waals surface area contributed by atoms with Crippen molar-refractivity contribution in [2.45, 2.75) is 12.8 Å². The number of rotatable bonds is 3. The summed E-state index contributed by atoms with van der Waals surface area (Å²) in [5.74, 6) is 0.149. The zero-order valence-electron chi connectivity index (χ0n) is 7.12. The molecule has 0 aliphatic carbocycles. The lowest BCUT2D eigenvalue weighted by Gasteiger charge is -2.21. The van der Waals surface area contributed by atoms with Gasteiger partial charge in [-0.2, -0.15) is 0 Å². The number of hydrogen-bond donors (Lipinski definition) is 1. The van der Waals surface area contributed by atoms with Crippen LogP contribution in [0, 0.1) is 5.92 Å². The van der Waals surface area contributed by atoms with Gasteiger partial charge in [0.2, 0.25) is 0 Å². The lowest BCUT2D eigenvalue weighted by atomic mass is 10.0. The molecule has 1 aliphatic rings. The van der Waals surface area contributed by atoms with Crippen LogP contribution in [0.1, 0.15) is 12.8 Å². The van der Waals surface area contributed by atoms with Crippen molar-refractivity contribution in [2.24, 2.45) is 11.7 Å². The molecule has 4 heteroatoms. The van der Waals surface area contributed by atoms with Crippen LogP contribution in [0.15, 0.2) is 0 Å². The molecule has 0 aromatic rings. The molecule has 0 saturated carbocycles. The van der Waals surface area contributed by atoms with Crippen molar-refractivity contribution >= 4 is 5.97 Å². The summed E-state index contributed by atoms with van der Waals surface area (Å²) in [7, 11) is 0. The number of esters is 1. The summed E-state index contributed by atoms with van der Waals surface area (Å²) in [6.45, 7) is 2.04. The van der Waals surface area contributed by atoms with Gasteiger partial charge in [0.05, 0.1) is 13.2 Å². The molecule has 1 heterocycles. The summed E-state index contributed by atoms with van der Waals surface area (Å²) in [5.41, 5.74) is 5.09. The van der Waals surface area contributed by atoms with E-state index < -0.39 is 0 Å². The number of hydrogen-bond acceptors (Lipinski definition) is 4. The Morgan fingerprint density at radius 1 is 1.50 bits per heavy atom. The van der Waals surface area contributed by atoms with E-state index in [0.717, 1.165) is 26.1 Å². The SMILES string of the molecule is NCC(=O)OCC1CCOCC1. The van der Waals surface area contributed by atoms with Crippen LogP contribution in [0.25, 0.3) is 0 Å². The van der Waals surface area contributed by atoms with Gasteiger partial charge in [-0.15, -0.1) is 0 Å². The van der Waals surface area contributed by atoms with E-state index in [9.17, 15) is 4.79 Å². The highest BCUT2D eigenvalue weighted by molar-refractivity contribution is 5.71. The van der Waals surface area contributed by atoms with Gasteiger partial charge in [0.1, 0.15) is 0 Å². The highest BCUT2D eigenvalue weighted by Crippen LogP contribution is 2.14. The highest BCUT2D eigenvalue weighted by atomic mass is 16.5. The predicted molar refractivity (Wildman–Crippen MR) is 43.6 cm³/mol. The molecule has 0 spiro atoms. The standard InChI is InChI=1S/C8H15NO3/c9-5-8(10)12-6-7-1-3-11-4-2-7/h7H,1-6,9H2. The fourth-order valence-electron chi connectivity index (χ4n) is 1.18. The van der Waals surface area contributed by atoms with E-state index in [1.807, 2.05) is 0 Å². The summed E-state index contributed by atoms with van der Waals surface area (Å²) in [6, 6.07) is 0. The van der Waals surface area contributed by atoms with Crippen LogP contribution in [-0.4, -0.2) is 32.3 Å². The Kier molecular flexibility index (Phi) is 4.04. The van der Waals surface area contributed by atoms with Crippen LogP contribution < -0.4 is 5.73 Å². The van der Waals surface area contributed by atoms with E-state index in [0.29, 0.717) is 12.5 Å². The molecule has 1 rings (SSSR count). The van der Waals surface area contributed by atoms with Gasteiger partial charge >= 0.3 is 5.97 Å². The van der Waals surface area contributed by atoms with Crippen LogP contribution in [0.5, 0.6) is 0 Å². The van der Waals surface area contributed by atoms with E-state index in [2.05, 4.69) is 0 Å². The van der Waals surface area contributed by atoms with Crippen molar-refractivity contribution in [1.82, 2.24) is 0 Å². The third-order valence-electron chi connectivity index (χ3n) is 1.99. The van der Waals surface area contributed by atoms with Crippen molar-refractivity contribution in [1.29, 1.82) is 0 Å². The van der Waals surface area contributed by atoms with E-state index >= 15 is 0 Å². The minimum Gasteiger partial charge on any atom is -0.464 e. The first kappa shape index (κ1) is 9.48. The topological polar surface area (TPSA) is 61.6 Å². The first-order chi connectivity index (χ1) is 5.83. The summed E-state index contributed by atoms with van der Waals surface area (Å²) in [6.07, 6.45) is 1.97. The fraction of sp³-hybridized carbons (Fsp3) is 0.875. The molecule has 0 atom stereocenters. The largest absolute Gasteiger partial charge is 0.464 e. The van der Waals surface area contributed by atoms with Gasteiger partial charge in [-0.25, -0.2) is 0 Å².